The van der Waals surface area contributed by atoms with Crippen LogP contribution < -0.4 is 10.6 Å². The molecule has 7 nitrogen and oxygen atoms in total. The van der Waals surface area contributed by atoms with Crippen molar-refractivity contribution in [2.45, 2.75) is 25.9 Å². The number of hydrogen-bond acceptors (Lipinski definition) is 4. The van der Waals surface area contributed by atoms with Crippen molar-refractivity contribution in [2.24, 2.45) is 34.6 Å². The van der Waals surface area contributed by atoms with Gasteiger partial charge in [-0.3, -0.25) is 19.5 Å². The third-order valence-electron chi connectivity index (χ3n) is 7.36. The minimum absolute atomic E-state index is 0. The second kappa shape index (κ2) is 10.5. The lowest BCUT2D eigenvalue weighted by atomic mass is 9.85. The molecule has 0 spiro atoms. The average Bonchev–Trinajstić information content (AvgIpc) is 3.59. The molecule has 2 N–H and O–H groups in total. The summed E-state index contributed by atoms with van der Waals surface area (Å²) in [6.07, 6.45) is 6.28. The molecule has 2 amide bonds. The van der Waals surface area contributed by atoms with Crippen LogP contribution in [-0.4, -0.2) is 55.5 Å². The molecule has 1 aromatic carbocycles. The minimum Gasteiger partial charge on any atom is -0.373 e. The van der Waals surface area contributed by atoms with E-state index < -0.39 is 0 Å². The zero-order chi connectivity index (χ0) is 22.1. The van der Waals surface area contributed by atoms with E-state index in [2.05, 4.69) is 34.9 Å². The molecule has 6 unspecified atom stereocenters. The molecule has 2 saturated heterocycles. The van der Waals surface area contributed by atoms with Gasteiger partial charge < -0.3 is 15.4 Å². The van der Waals surface area contributed by atoms with Crippen LogP contribution in [0.25, 0.3) is 0 Å². The van der Waals surface area contributed by atoms with Gasteiger partial charge in [0.2, 0.25) is 11.8 Å². The van der Waals surface area contributed by atoms with Crippen molar-refractivity contribution in [1.82, 2.24) is 15.5 Å². The van der Waals surface area contributed by atoms with Gasteiger partial charge in [-0.05, 0) is 37.2 Å². The van der Waals surface area contributed by atoms with Gasteiger partial charge >= 0.3 is 0 Å². The molecule has 4 aliphatic rings. The number of likely N-dealkylation sites (tertiary alicyclic amines) is 1. The van der Waals surface area contributed by atoms with E-state index >= 15 is 0 Å². The van der Waals surface area contributed by atoms with Crippen molar-refractivity contribution in [3.8, 4) is 0 Å². The maximum Gasteiger partial charge on any atom is 0.233 e. The summed E-state index contributed by atoms with van der Waals surface area (Å²) >= 11 is 0. The molecule has 5 rings (SSSR count). The normalized spacial score (nSPS) is 32.3. The highest BCUT2D eigenvalue weighted by molar-refractivity contribution is 14.0. The first-order valence-electron chi connectivity index (χ1n) is 11.9. The van der Waals surface area contributed by atoms with E-state index in [1.165, 1.54) is 10.5 Å². The van der Waals surface area contributed by atoms with Crippen LogP contribution in [0.2, 0.25) is 0 Å². The number of nitrogens with one attached hydrogen (secondary N) is 2. The van der Waals surface area contributed by atoms with Crippen LogP contribution in [0.4, 0.5) is 0 Å². The van der Waals surface area contributed by atoms with E-state index in [4.69, 9.17) is 9.73 Å². The number of halogens is 1. The summed E-state index contributed by atoms with van der Waals surface area (Å²) in [6.45, 7) is 5.07. The number of amides is 2. The number of allylic oxidation sites excluding steroid dienone is 2. The average molecular weight is 564 g/mol. The van der Waals surface area contributed by atoms with Crippen LogP contribution >= 0.6 is 24.0 Å². The Balaban J connectivity index is 0.00000259. The van der Waals surface area contributed by atoms with Gasteiger partial charge in [-0.2, -0.15) is 0 Å². The van der Waals surface area contributed by atoms with Gasteiger partial charge in [-0.15, -0.1) is 24.0 Å². The fourth-order valence-corrected chi connectivity index (χ4v) is 5.85. The number of hydrogen-bond donors (Lipinski definition) is 2. The Morgan fingerprint density at radius 2 is 1.79 bits per heavy atom. The first-order chi connectivity index (χ1) is 15.7. The molecule has 2 heterocycles. The van der Waals surface area contributed by atoms with Gasteiger partial charge in [0.15, 0.2) is 5.96 Å². The molecule has 2 aliphatic heterocycles. The van der Waals surface area contributed by atoms with Gasteiger partial charge in [0.1, 0.15) is 0 Å². The molecule has 2 bridgehead atoms. The number of aliphatic imine (C=N–C) groups is 1. The van der Waals surface area contributed by atoms with Crippen molar-refractivity contribution >= 4 is 41.8 Å². The molecule has 1 saturated carbocycles. The highest BCUT2D eigenvalue weighted by Crippen LogP contribution is 2.52. The highest BCUT2D eigenvalue weighted by Gasteiger charge is 2.58. The van der Waals surface area contributed by atoms with E-state index in [9.17, 15) is 9.59 Å². The second-order valence-corrected chi connectivity index (χ2v) is 9.23. The quantitative estimate of drug-likeness (QED) is 0.175. The predicted octanol–water partition coefficient (Wildman–Crippen LogP) is 2.74. The summed E-state index contributed by atoms with van der Waals surface area (Å²) in [5, 5.41) is 6.58. The molecule has 3 fully saturated rings. The van der Waals surface area contributed by atoms with Crippen molar-refractivity contribution < 1.29 is 14.3 Å². The van der Waals surface area contributed by atoms with E-state index in [1.54, 1.807) is 0 Å². The van der Waals surface area contributed by atoms with Crippen LogP contribution in [-0.2, 0) is 14.3 Å². The van der Waals surface area contributed by atoms with Crippen LogP contribution in [0.5, 0.6) is 0 Å². The predicted molar refractivity (Wildman–Crippen MR) is 137 cm³/mol. The zero-order valence-corrected chi connectivity index (χ0v) is 21.3. The lowest BCUT2D eigenvalue weighted by Crippen LogP contribution is -2.44. The fraction of sp³-hybridized carbons (Fsp3) is 0.560. The fourth-order valence-electron chi connectivity index (χ4n) is 5.85. The van der Waals surface area contributed by atoms with Crippen LogP contribution in [0, 0.1) is 29.6 Å². The topological polar surface area (TPSA) is 83.0 Å². The van der Waals surface area contributed by atoms with E-state index in [-0.39, 0.29) is 65.6 Å². The summed E-state index contributed by atoms with van der Waals surface area (Å²) in [7, 11) is 0. The van der Waals surface area contributed by atoms with Crippen molar-refractivity contribution in [1.29, 1.82) is 0 Å². The summed E-state index contributed by atoms with van der Waals surface area (Å²) < 4.78 is 5.98. The Morgan fingerprint density at radius 3 is 2.45 bits per heavy atom. The zero-order valence-electron chi connectivity index (χ0n) is 19.0. The van der Waals surface area contributed by atoms with Gasteiger partial charge in [-0.25, -0.2) is 0 Å². The maximum absolute atomic E-state index is 12.8. The van der Waals surface area contributed by atoms with Gasteiger partial charge in [0, 0.05) is 38.7 Å². The number of ether oxygens (including phenoxy) is 1. The van der Waals surface area contributed by atoms with Gasteiger partial charge in [-0.1, -0.05) is 42.5 Å². The molecule has 178 valence electrons. The minimum atomic E-state index is -0.128. The molecule has 1 aromatic rings. The third kappa shape index (κ3) is 4.69. The third-order valence-corrected chi connectivity index (χ3v) is 7.36. The maximum atomic E-state index is 12.8. The first-order valence-corrected chi connectivity index (χ1v) is 11.9. The Morgan fingerprint density at radius 1 is 1.09 bits per heavy atom. The van der Waals surface area contributed by atoms with Crippen LogP contribution in [0.15, 0.2) is 47.5 Å². The Kier molecular flexibility index (Phi) is 7.73. The largest absolute Gasteiger partial charge is 0.373 e. The highest BCUT2D eigenvalue weighted by atomic mass is 127. The summed E-state index contributed by atoms with van der Waals surface area (Å²) in [5.41, 5.74) is 1.20. The number of rotatable bonds is 7. The smallest absolute Gasteiger partial charge is 0.233 e. The Labute approximate surface area is 212 Å². The molecule has 6 atom stereocenters. The molecule has 8 heteroatoms. The number of imide groups is 1. The van der Waals surface area contributed by atoms with Gasteiger partial charge in [0.25, 0.3) is 0 Å². The standard InChI is InChI=1S/C25H32N4O3.HI/c1-2-26-25(28-15-19-10-13-32-22(19)16-6-4-3-5-7-16)27-11-12-29-23(30)20-17-8-9-18(14-17)21(20)24(29)31;/h3-9,17-22H,2,10-15H2,1H3,(H2,26,27,28);1H. The SMILES string of the molecule is CCNC(=NCC1CCOC1c1ccccc1)NCCN1C(=O)C2C3C=CC(C3)C2C1=O.I. The molecule has 33 heavy (non-hydrogen) atoms. The molecular formula is C25H33IN4O3. The number of fused-ring (bicyclic) bond motifs is 5. The second-order valence-electron chi connectivity index (χ2n) is 9.23. The number of carbonyl (C=O) groups excluding carboxylic acids is 2. The molecular weight excluding hydrogens is 531 g/mol. The van der Waals surface area contributed by atoms with Crippen molar-refractivity contribution in [3.63, 3.8) is 0 Å². The van der Waals surface area contributed by atoms with Crippen LogP contribution in [0.1, 0.15) is 31.4 Å². The van der Waals surface area contributed by atoms with Crippen LogP contribution in [0.3, 0.4) is 0 Å². The number of benzene rings is 1. The lowest BCUT2D eigenvalue weighted by molar-refractivity contribution is -0.140. The Bertz CT molecular complexity index is 891. The summed E-state index contributed by atoms with van der Waals surface area (Å²) in [6, 6.07) is 10.3. The van der Waals surface area contributed by atoms with E-state index in [0.717, 1.165) is 26.0 Å². The summed E-state index contributed by atoms with van der Waals surface area (Å²) in [4.78, 5) is 31.9. The van der Waals surface area contributed by atoms with Crippen molar-refractivity contribution in [2.75, 3.05) is 32.8 Å². The van der Waals surface area contributed by atoms with Gasteiger partial charge in [0.05, 0.1) is 17.9 Å². The van der Waals surface area contributed by atoms with E-state index in [0.29, 0.717) is 31.5 Å². The molecule has 0 aromatic heterocycles. The molecule has 2 aliphatic carbocycles. The van der Waals surface area contributed by atoms with E-state index in [1.807, 2.05) is 25.1 Å². The number of carbonyl (C=O) groups is 2. The summed E-state index contributed by atoms with van der Waals surface area (Å²) in [5.74, 6) is 1.32. The number of nitrogens with zero attached hydrogens (tertiary/aromatic N) is 2. The van der Waals surface area contributed by atoms with Crippen molar-refractivity contribution in [3.05, 3.63) is 48.0 Å². The monoisotopic (exact) mass is 564 g/mol. The number of guanidine groups is 1. The molecule has 0 radical (unpaired) electrons. The Hall–Kier alpha value is -1.94. The lowest BCUT2D eigenvalue weighted by Gasteiger charge is -2.20. The first kappa shape index (κ1) is 24.2.